The summed E-state index contributed by atoms with van der Waals surface area (Å²) in [5.41, 5.74) is 5.56. The predicted molar refractivity (Wildman–Crippen MR) is 130 cm³/mol. The first-order chi connectivity index (χ1) is 15.3. The van der Waals surface area contributed by atoms with E-state index < -0.39 is 0 Å². The van der Waals surface area contributed by atoms with E-state index in [9.17, 15) is 0 Å². The first-order valence-corrected chi connectivity index (χ1v) is 12.0. The van der Waals surface area contributed by atoms with Crippen LogP contribution in [0.4, 0.5) is 5.69 Å². The van der Waals surface area contributed by atoms with Crippen LogP contribution in [0.2, 0.25) is 0 Å². The summed E-state index contributed by atoms with van der Waals surface area (Å²) in [7, 11) is 0. The molecule has 3 atom stereocenters. The maximum absolute atomic E-state index is 2.88. The Hall–Kier alpha value is -2.58. The molecule has 0 radical (unpaired) electrons. The van der Waals surface area contributed by atoms with Crippen molar-refractivity contribution in [2.75, 3.05) is 4.90 Å². The molecular weight excluding hydrogens is 376 g/mol. The zero-order valence-corrected chi connectivity index (χ0v) is 18.8. The van der Waals surface area contributed by atoms with Gasteiger partial charge in [-0.25, -0.2) is 0 Å². The van der Waals surface area contributed by atoms with E-state index in [1.807, 2.05) is 0 Å². The molecule has 0 N–H and O–H groups in total. The van der Waals surface area contributed by atoms with Crippen LogP contribution in [0.3, 0.4) is 0 Å². The third kappa shape index (κ3) is 3.78. The largest absolute Gasteiger partial charge is 0.347 e. The molecule has 160 valence electrons. The number of anilines is 1. The van der Waals surface area contributed by atoms with Crippen LogP contribution in [0.15, 0.2) is 84.9 Å². The quantitative estimate of drug-likeness (QED) is 0.446. The van der Waals surface area contributed by atoms with Crippen LogP contribution in [0.1, 0.15) is 67.9 Å². The average Bonchev–Trinajstić information content (AvgIpc) is 3.14. The van der Waals surface area contributed by atoms with Crippen molar-refractivity contribution >= 4 is 5.69 Å². The fraction of sp³-hybridized carbons (Fsp3) is 0.379. The number of benzene rings is 3. The highest BCUT2D eigenvalue weighted by Gasteiger charge is 2.49. The number of para-hydroxylation sites is 1. The van der Waals surface area contributed by atoms with Gasteiger partial charge < -0.3 is 4.90 Å². The molecule has 31 heavy (non-hydrogen) atoms. The molecule has 2 fully saturated rings. The van der Waals surface area contributed by atoms with Crippen molar-refractivity contribution in [2.24, 2.45) is 0 Å². The summed E-state index contributed by atoms with van der Waals surface area (Å²) >= 11 is 0. The first-order valence-electron chi connectivity index (χ1n) is 12.0. The molecule has 1 saturated carbocycles. The molecule has 5 rings (SSSR count). The lowest BCUT2D eigenvalue weighted by Crippen LogP contribution is -2.40. The van der Waals surface area contributed by atoms with Crippen molar-refractivity contribution < 1.29 is 0 Å². The van der Waals surface area contributed by atoms with Crippen LogP contribution in [-0.4, -0.2) is 17.0 Å². The van der Waals surface area contributed by atoms with Crippen LogP contribution < -0.4 is 4.90 Å². The molecule has 1 heterocycles. The van der Waals surface area contributed by atoms with Crippen LogP contribution in [-0.2, 0) is 0 Å². The van der Waals surface area contributed by atoms with E-state index in [2.05, 4.69) is 109 Å². The fourth-order valence-corrected chi connectivity index (χ4v) is 5.99. The summed E-state index contributed by atoms with van der Waals surface area (Å²) in [5.74, 6) is 0. The van der Waals surface area contributed by atoms with E-state index in [4.69, 9.17) is 0 Å². The Labute approximate surface area is 187 Å². The van der Waals surface area contributed by atoms with Crippen LogP contribution in [0.5, 0.6) is 0 Å². The molecule has 3 aromatic carbocycles. The molecule has 2 aliphatic rings. The van der Waals surface area contributed by atoms with E-state index in [1.54, 1.807) is 0 Å². The maximum atomic E-state index is 2.88. The number of nitrogens with zero attached hydrogens (tertiary/aromatic N) is 2. The van der Waals surface area contributed by atoms with Gasteiger partial charge in [0.1, 0.15) is 6.17 Å². The van der Waals surface area contributed by atoms with Gasteiger partial charge in [-0.3, -0.25) is 4.90 Å². The zero-order chi connectivity index (χ0) is 21.2. The van der Waals surface area contributed by atoms with Gasteiger partial charge in [-0.2, -0.15) is 0 Å². The van der Waals surface area contributed by atoms with Gasteiger partial charge in [-0.1, -0.05) is 98.1 Å². The minimum atomic E-state index is 0.255. The number of hydrogen-bond donors (Lipinski definition) is 0. The molecule has 1 aliphatic carbocycles. The highest BCUT2D eigenvalue weighted by atomic mass is 15.5. The minimum Gasteiger partial charge on any atom is -0.347 e. The van der Waals surface area contributed by atoms with Gasteiger partial charge in [0, 0.05) is 17.8 Å². The average molecular weight is 411 g/mol. The molecule has 1 saturated heterocycles. The lowest BCUT2D eigenvalue weighted by molar-refractivity contribution is 0.0961. The second-order valence-electron chi connectivity index (χ2n) is 9.31. The SMILES string of the molecule is Cc1ccccc1N1C(c2ccccc2)N(C2CCCCC2)C(c2ccccc2)[C@@H]1C. The van der Waals surface area contributed by atoms with Crippen molar-refractivity contribution in [3.05, 3.63) is 102 Å². The Kier molecular flexibility index (Phi) is 5.82. The van der Waals surface area contributed by atoms with E-state index in [0.717, 1.165) is 0 Å². The summed E-state index contributed by atoms with van der Waals surface area (Å²) in [5, 5.41) is 0. The molecule has 2 heteroatoms. The lowest BCUT2D eigenvalue weighted by atomic mass is 9.90. The smallest absolute Gasteiger partial charge is 0.109 e. The fourth-order valence-electron chi connectivity index (χ4n) is 5.99. The highest BCUT2D eigenvalue weighted by molar-refractivity contribution is 5.57. The number of aryl methyl sites for hydroxylation is 1. The molecule has 2 nitrogen and oxygen atoms in total. The summed E-state index contributed by atoms with van der Waals surface area (Å²) in [6.45, 7) is 4.69. The third-order valence-corrected chi connectivity index (χ3v) is 7.39. The Bertz CT molecular complexity index is 978. The summed E-state index contributed by atoms with van der Waals surface area (Å²) in [6, 6.07) is 32.7. The van der Waals surface area contributed by atoms with E-state index in [0.29, 0.717) is 18.1 Å². The Morgan fingerprint density at radius 2 is 1.26 bits per heavy atom. The van der Waals surface area contributed by atoms with E-state index in [-0.39, 0.29) is 6.17 Å². The Morgan fingerprint density at radius 1 is 0.677 bits per heavy atom. The number of rotatable bonds is 4. The summed E-state index contributed by atoms with van der Waals surface area (Å²) in [6.07, 6.45) is 6.95. The third-order valence-electron chi connectivity index (χ3n) is 7.39. The van der Waals surface area contributed by atoms with Crippen LogP contribution >= 0.6 is 0 Å². The standard InChI is InChI=1S/C29H34N2/c1-22-14-12-13-21-27(22)30-23(2)28(24-15-6-3-7-16-24)31(26-19-10-5-11-20-26)29(30)25-17-8-4-9-18-25/h3-4,6-9,12-18,21,23,26,28-29H,5,10-11,19-20H2,1-2H3/t23-,28?,29?/m0/s1. The van der Waals surface area contributed by atoms with Crippen molar-refractivity contribution in [2.45, 2.75) is 70.2 Å². The predicted octanol–water partition coefficient (Wildman–Crippen LogP) is 7.28. The molecule has 3 aromatic rings. The normalized spacial score (nSPS) is 25.1. The van der Waals surface area contributed by atoms with E-state index >= 15 is 0 Å². The van der Waals surface area contributed by atoms with E-state index in [1.165, 1.54) is 54.5 Å². The molecule has 2 unspecified atom stereocenters. The van der Waals surface area contributed by atoms with Gasteiger partial charge in [-0.15, -0.1) is 0 Å². The minimum absolute atomic E-state index is 0.255. The van der Waals surface area contributed by atoms with Crippen molar-refractivity contribution in [3.63, 3.8) is 0 Å². The topological polar surface area (TPSA) is 6.48 Å². The molecule has 0 bridgehead atoms. The number of hydrogen-bond acceptors (Lipinski definition) is 2. The van der Waals surface area contributed by atoms with Gasteiger partial charge in [0.15, 0.2) is 0 Å². The van der Waals surface area contributed by atoms with Gasteiger partial charge >= 0.3 is 0 Å². The summed E-state index contributed by atoms with van der Waals surface area (Å²) in [4.78, 5) is 5.58. The Morgan fingerprint density at radius 3 is 1.90 bits per heavy atom. The second-order valence-corrected chi connectivity index (χ2v) is 9.31. The van der Waals surface area contributed by atoms with Gasteiger partial charge in [0.05, 0.1) is 6.04 Å². The maximum Gasteiger partial charge on any atom is 0.109 e. The van der Waals surface area contributed by atoms with Gasteiger partial charge in [-0.05, 0) is 49.4 Å². The second kappa shape index (κ2) is 8.88. The lowest BCUT2D eigenvalue weighted by Gasteiger charge is -2.40. The Balaban J connectivity index is 1.69. The molecule has 0 aromatic heterocycles. The molecule has 1 aliphatic heterocycles. The summed E-state index contributed by atoms with van der Waals surface area (Å²) < 4.78 is 0. The van der Waals surface area contributed by atoms with Crippen molar-refractivity contribution in [1.82, 2.24) is 4.90 Å². The van der Waals surface area contributed by atoms with Crippen molar-refractivity contribution in [1.29, 1.82) is 0 Å². The van der Waals surface area contributed by atoms with Gasteiger partial charge in [0.2, 0.25) is 0 Å². The molecule has 0 amide bonds. The molecular formula is C29H34N2. The van der Waals surface area contributed by atoms with Crippen molar-refractivity contribution in [3.8, 4) is 0 Å². The monoisotopic (exact) mass is 410 g/mol. The van der Waals surface area contributed by atoms with Crippen LogP contribution in [0, 0.1) is 6.92 Å². The zero-order valence-electron chi connectivity index (χ0n) is 18.8. The highest BCUT2D eigenvalue weighted by Crippen LogP contribution is 2.50. The van der Waals surface area contributed by atoms with Crippen LogP contribution in [0.25, 0.3) is 0 Å². The van der Waals surface area contributed by atoms with Gasteiger partial charge in [0.25, 0.3) is 0 Å². The molecule has 0 spiro atoms. The first kappa shape index (κ1) is 20.3.